The summed E-state index contributed by atoms with van der Waals surface area (Å²) in [6, 6.07) is 15.5. The minimum atomic E-state index is -0.513. The molecule has 2 heterocycles. The van der Waals surface area contributed by atoms with E-state index >= 15 is 0 Å². The van der Waals surface area contributed by atoms with Crippen molar-refractivity contribution >= 4 is 34.7 Å². The summed E-state index contributed by atoms with van der Waals surface area (Å²) in [7, 11) is 0. The second-order valence-corrected chi connectivity index (χ2v) is 7.91. The molecule has 9 heteroatoms. The molecule has 31 heavy (non-hydrogen) atoms. The molecule has 0 unspecified atom stereocenters. The SMILES string of the molecule is CC(=O)NNC(=O)CN1C(=O)COc2ccc(-c3csc(Cc4ccccc4)n3)cc21. The van der Waals surface area contributed by atoms with E-state index in [1.807, 2.05) is 29.6 Å². The fourth-order valence-corrected chi connectivity index (χ4v) is 4.01. The van der Waals surface area contributed by atoms with Crippen molar-refractivity contribution in [3.05, 3.63) is 64.5 Å². The van der Waals surface area contributed by atoms with Crippen molar-refractivity contribution in [3.8, 4) is 17.0 Å². The van der Waals surface area contributed by atoms with Crippen LogP contribution in [-0.2, 0) is 20.8 Å². The first-order valence-corrected chi connectivity index (χ1v) is 10.5. The lowest BCUT2D eigenvalue weighted by molar-refractivity contribution is -0.128. The first-order valence-electron chi connectivity index (χ1n) is 9.61. The second-order valence-electron chi connectivity index (χ2n) is 6.97. The summed E-state index contributed by atoms with van der Waals surface area (Å²) in [5.41, 5.74) is 7.77. The lowest BCUT2D eigenvalue weighted by Gasteiger charge is -2.29. The van der Waals surface area contributed by atoms with Crippen molar-refractivity contribution in [2.45, 2.75) is 13.3 Å². The fraction of sp³-hybridized carbons (Fsp3) is 0.182. The van der Waals surface area contributed by atoms with E-state index in [-0.39, 0.29) is 19.1 Å². The monoisotopic (exact) mass is 436 g/mol. The van der Waals surface area contributed by atoms with Crippen molar-refractivity contribution in [1.82, 2.24) is 15.8 Å². The van der Waals surface area contributed by atoms with Crippen LogP contribution in [0.5, 0.6) is 5.75 Å². The number of anilines is 1. The number of aromatic nitrogens is 1. The van der Waals surface area contributed by atoms with Gasteiger partial charge in [-0.1, -0.05) is 30.3 Å². The highest BCUT2D eigenvalue weighted by Gasteiger charge is 2.28. The number of hydrogen-bond acceptors (Lipinski definition) is 6. The van der Waals surface area contributed by atoms with E-state index in [4.69, 9.17) is 9.72 Å². The number of amides is 3. The summed E-state index contributed by atoms with van der Waals surface area (Å²) >= 11 is 1.57. The van der Waals surface area contributed by atoms with Gasteiger partial charge < -0.3 is 4.74 Å². The van der Waals surface area contributed by atoms with Gasteiger partial charge in [0.2, 0.25) is 5.91 Å². The Labute approximate surface area is 182 Å². The van der Waals surface area contributed by atoms with Gasteiger partial charge in [-0.05, 0) is 23.8 Å². The van der Waals surface area contributed by atoms with Crippen molar-refractivity contribution < 1.29 is 19.1 Å². The summed E-state index contributed by atoms with van der Waals surface area (Å²) in [6.45, 7) is 0.884. The van der Waals surface area contributed by atoms with Gasteiger partial charge in [-0.2, -0.15) is 0 Å². The molecule has 2 N–H and O–H groups in total. The van der Waals surface area contributed by atoms with Crippen molar-refractivity contribution in [2.24, 2.45) is 0 Å². The maximum atomic E-state index is 12.4. The number of hydrazine groups is 1. The minimum Gasteiger partial charge on any atom is -0.482 e. The van der Waals surface area contributed by atoms with Gasteiger partial charge in [0, 0.05) is 24.3 Å². The molecule has 0 saturated carbocycles. The number of fused-ring (bicyclic) bond motifs is 1. The minimum absolute atomic E-state index is 0.155. The molecule has 4 rings (SSSR count). The zero-order valence-corrected chi connectivity index (χ0v) is 17.6. The molecule has 1 aromatic heterocycles. The van der Waals surface area contributed by atoms with Gasteiger partial charge in [0.05, 0.1) is 16.4 Å². The quantitative estimate of drug-likeness (QED) is 0.598. The van der Waals surface area contributed by atoms with Crippen LogP contribution in [0, 0.1) is 0 Å². The molecule has 2 aromatic carbocycles. The smallest absolute Gasteiger partial charge is 0.265 e. The van der Waals surface area contributed by atoms with Crippen LogP contribution in [0.4, 0.5) is 5.69 Å². The number of ether oxygens (including phenoxy) is 1. The Morgan fingerprint density at radius 1 is 1.16 bits per heavy atom. The van der Waals surface area contributed by atoms with Gasteiger partial charge in [-0.3, -0.25) is 30.1 Å². The van der Waals surface area contributed by atoms with Gasteiger partial charge in [0.1, 0.15) is 12.3 Å². The first kappa shape index (κ1) is 20.5. The van der Waals surface area contributed by atoms with E-state index in [1.54, 1.807) is 23.5 Å². The van der Waals surface area contributed by atoms with Gasteiger partial charge >= 0.3 is 0 Å². The number of hydrogen-bond donors (Lipinski definition) is 2. The molecular formula is C22H20N4O4S. The lowest BCUT2D eigenvalue weighted by atomic mass is 10.1. The highest BCUT2D eigenvalue weighted by molar-refractivity contribution is 7.10. The molecule has 0 spiro atoms. The molecule has 3 amide bonds. The third-order valence-corrected chi connectivity index (χ3v) is 5.48. The Balaban J connectivity index is 1.55. The number of benzene rings is 2. The average Bonchev–Trinajstić information content (AvgIpc) is 3.23. The standard InChI is InChI=1S/C22H20N4O4S/c1-14(27)24-25-20(28)11-26-18-10-16(7-8-19(18)30-12-22(26)29)17-13-31-21(23-17)9-15-5-3-2-4-6-15/h2-8,10,13H,9,11-12H2,1H3,(H,24,27)(H,25,28). The topological polar surface area (TPSA) is 101 Å². The Hall–Kier alpha value is -3.72. The maximum Gasteiger partial charge on any atom is 0.265 e. The molecule has 1 aliphatic rings. The molecule has 0 bridgehead atoms. The summed E-state index contributed by atoms with van der Waals surface area (Å²) < 4.78 is 5.51. The molecule has 0 saturated heterocycles. The molecule has 0 fully saturated rings. The summed E-state index contributed by atoms with van der Waals surface area (Å²) in [5, 5.41) is 2.96. The number of thiazole rings is 1. The van der Waals surface area contributed by atoms with E-state index < -0.39 is 11.8 Å². The highest BCUT2D eigenvalue weighted by atomic mass is 32.1. The zero-order valence-electron chi connectivity index (χ0n) is 16.8. The summed E-state index contributed by atoms with van der Waals surface area (Å²) in [4.78, 5) is 41.6. The number of nitrogens with zero attached hydrogens (tertiary/aromatic N) is 2. The summed E-state index contributed by atoms with van der Waals surface area (Å²) in [6.07, 6.45) is 0.744. The average molecular weight is 436 g/mol. The van der Waals surface area contributed by atoms with Crippen LogP contribution in [0.25, 0.3) is 11.3 Å². The van der Waals surface area contributed by atoms with Crippen molar-refractivity contribution in [2.75, 3.05) is 18.1 Å². The first-order chi connectivity index (χ1) is 15.0. The Morgan fingerprint density at radius 3 is 2.74 bits per heavy atom. The molecule has 8 nitrogen and oxygen atoms in total. The molecule has 1 aliphatic heterocycles. The van der Waals surface area contributed by atoms with Crippen LogP contribution in [0.1, 0.15) is 17.5 Å². The molecule has 0 radical (unpaired) electrons. The highest BCUT2D eigenvalue weighted by Crippen LogP contribution is 2.36. The number of rotatable bonds is 5. The Kier molecular flexibility index (Phi) is 5.94. The Bertz CT molecular complexity index is 1130. The molecule has 0 aliphatic carbocycles. The fourth-order valence-electron chi connectivity index (χ4n) is 3.17. The van der Waals surface area contributed by atoms with Crippen LogP contribution in [-0.4, -0.2) is 35.9 Å². The number of carbonyl (C=O) groups excluding carboxylic acids is 3. The molecule has 158 valence electrons. The van der Waals surface area contributed by atoms with Crippen LogP contribution in [0.2, 0.25) is 0 Å². The third-order valence-electron chi connectivity index (χ3n) is 4.63. The predicted octanol–water partition coefficient (Wildman–Crippen LogP) is 2.29. The van der Waals surface area contributed by atoms with Crippen LogP contribution >= 0.6 is 11.3 Å². The van der Waals surface area contributed by atoms with Crippen molar-refractivity contribution in [1.29, 1.82) is 0 Å². The van der Waals surface area contributed by atoms with E-state index in [1.165, 1.54) is 17.4 Å². The summed E-state index contributed by atoms with van der Waals surface area (Å²) in [5.74, 6) is -0.749. The maximum absolute atomic E-state index is 12.4. The molecular weight excluding hydrogens is 416 g/mol. The largest absolute Gasteiger partial charge is 0.482 e. The van der Waals surface area contributed by atoms with Gasteiger partial charge in [0.15, 0.2) is 6.61 Å². The van der Waals surface area contributed by atoms with Gasteiger partial charge in [-0.25, -0.2) is 4.98 Å². The zero-order chi connectivity index (χ0) is 21.8. The normalized spacial score (nSPS) is 12.7. The lowest BCUT2D eigenvalue weighted by Crippen LogP contribution is -2.49. The van der Waals surface area contributed by atoms with Crippen LogP contribution < -0.4 is 20.5 Å². The predicted molar refractivity (Wildman–Crippen MR) is 117 cm³/mol. The second kappa shape index (κ2) is 8.97. The van der Waals surface area contributed by atoms with Crippen molar-refractivity contribution in [3.63, 3.8) is 0 Å². The van der Waals surface area contributed by atoms with E-state index in [2.05, 4.69) is 23.0 Å². The van der Waals surface area contributed by atoms with E-state index in [0.717, 1.165) is 22.7 Å². The van der Waals surface area contributed by atoms with E-state index in [0.29, 0.717) is 11.4 Å². The van der Waals surface area contributed by atoms with Gasteiger partial charge in [0.25, 0.3) is 11.8 Å². The van der Waals surface area contributed by atoms with Crippen LogP contribution in [0.15, 0.2) is 53.9 Å². The molecule has 3 aromatic rings. The van der Waals surface area contributed by atoms with Gasteiger partial charge in [-0.15, -0.1) is 11.3 Å². The third kappa shape index (κ3) is 4.89. The number of carbonyl (C=O) groups is 3. The molecule has 0 atom stereocenters. The van der Waals surface area contributed by atoms with E-state index in [9.17, 15) is 14.4 Å². The van der Waals surface area contributed by atoms with Crippen LogP contribution in [0.3, 0.4) is 0 Å². The Morgan fingerprint density at radius 2 is 1.97 bits per heavy atom. The number of nitrogens with one attached hydrogen (secondary N) is 2.